The summed E-state index contributed by atoms with van der Waals surface area (Å²) in [6, 6.07) is 0. The van der Waals surface area contributed by atoms with Gasteiger partial charge in [0, 0.05) is 13.0 Å². The first-order valence-corrected chi connectivity index (χ1v) is 10.4. The molecule has 0 amide bonds. The number of allylic oxidation sites excluding steroid dienone is 2. The minimum Gasteiger partial charge on any atom is -0.374 e. The minimum atomic E-state index is -0.395. The van der Waals surface area contributed by atoms with Crippen LogP contribution in [0.2, 0.25) is 0 Å². The summed E-state index contributed by atoms with van der Waals surface area (Å²) in [6.45, 7) is 5.82. The second-order valence-corrected chi connectivity index (χ2v) is 7.10. The van der Waals surface area contributed by atoms with Crippen molar-refractivity contribution in [3.8, 4) is 0 Å². The fourth-order valence-electron chi connectivity index (χ4n) is 3.32. The van der Waals surface area contributed by atoms with E-state index in [9.17, 15) is 5.11 Å². The van der Waals surface area contributed by atoms with Gasteiger partial charge in [0.25, 0.3) is 0 Å². The van der Waals surface area contributed by atoms with Gasteiger partial charge in [-0.05, 0) is 32.6 Å². The Morgan fingerprint density at radius 1 is 0.958 bits per heavy atom. The third kappa shape index (κ3) is 10.1. The van der Waals surface area contributed by atoms with E-state index in [1.807, 2.05) is 11.8 Å². The first-order valence-electron chi connectivity index (χ1n) is 10.4. The Kier molecular flexibility index (Phi) is 12.8. The lowest BCUT2D eigenvalue weighted by Crippen LogP contribution is -2.35. The third-order valence-corrected chi connectivity index (χ3v) is 4.83. The van der Waals surface area contributed by atoms with Gasteiger partial charge in [-0.15, -0.1) is 0 Å². The van der Waals surface area contributed by atoms with Crippen molar-refractivity contribution in [2.75, 3.05) is 13.1 Å². The molecule has 140 valence electrons. The molecule has 1 atom stereocenters. The van der Waals surface area contributed by atoms with Crippen LogP contribution in [-0.4, -0.2) is 35.2 Å². The van der Waals surface area contributed by atoms with Crippen molar-refractivity contribution in [1.82, 2.24) is 4.90 Å². The molecule has 0 aromatic rings. The molecule has 0 aromatic heterocycles. The van der Waals surface area contributed by atoms with Gasteiger partial charge in [0.15, 0.2) is 0 Å². The van der Waals surface area contributed by atoms with Crippen LogP contribution in [0.5, 0.6) is 0 Å². The van der Waals surface area contributed by atoms with Crippen molar-refractivity contribution >= 4 is 5.84 Å². The Morgan fingerprint density at radius 2 is 1.54 bits per heavy atom. The number of hydrogen-bond donors (Lipinski definition) is 1. The fraction of sp³-hybridized carbons (Fsp3) is 0.857. The summed E-state index contributed by atoms with van der Waals surface area (Å²) in [5.74, 6) is 1.09. The normalized spacial score (nSPS) is 16.1. The van der Waals surface area contributed by atoms with Gasteiger partial charge in [0.1, 0.15) is 12.1 Å². The lowest BCUT2D eigenvalue weighted by Gasteiger charge is -2.23. The number of hydrogen-bond acceptors (Lipinski definition) is 3. The highest BCUT2D eigenvalue weighted by Crippen LogP contribution is 2.13. The van der Waals surface area contributed by atoms with Crippen LogP contribution in [0.25, 0.3) is 0 Å². The van der Waals surface area contributed by atoms with Gasteiger partial charge in [0.05, 0.1) is 6.54 Å². The molecule has 0 fully saturated rings. The molecule has 3 nitrogen and oxygen atoms in total. The average molecular weight is 337 g/mol. The molecule has 0 spiro atoms. The molecule has 1 rings (SSSR count). The van der Waals surface area contributed by atoms with Crippen LogP contribution < -0.4 is 0 Å². The van der Waals surface area contributed by atoms with Crippen molar-refractivity contribution in [3.05, 3.63) is 12.2 Å². The monoisotopic (exact) mass is 336 g/mol. The number of unbranched alkanes of at least 4 members (excludes halogenated alkanes) is 10. The first-order chi connectivity index (χ1) is 11.8. The first kappa shape index (κ1) is 21.2. The Bertz CT molecular complexity index is 350. The molecule has 0 aliphatic carbocycles. The number of nitrogens with zero attached hydrogens (tertiary/aromatic N) is 2. The Balaban J connectivity index is 1.87. The van der Waals surface area contributed by atoms with Crippen LogP contribution in [-0.2, 0) is 0 Å². The van der Waals surface area contributed by atoms with Crippen molar-refractivity contribution in [2.45, 2.75) is 104 Å². The quantitative estimate of drug-likeness (QED) is 0.308. The number of aliphatic hydroxyl groups is 1. The molecule has 0 aromatic carbocycles. The Labute approximate surface area is 150 Å². The van der Waals surface area contributed by atoms with Gasteiger partial charge >= 0.3 is 0 Å². The standard InChI is InChI=1S/C21H40N2O/c1-3-4-5-6-7-8-9-10-11-12-13-14-15-16-17-21-22-18-19-23(21)20(2)24/h13-14,20,24H,3-12,15-19H2,1-2H3/b14-13+. The van der Waals surface area contributed by atoms with Gasteiger partial charge in [-0.2, -0.15) is 0 Å². The van der Waals surface area contributed by atoms with Crippen LogP contribution >= 0.6 is 0 Å². The molecular formula is C21H40N2O. The average Bonchev–Trinajstić information content (AvgIpc) is 3.04. The molecule has 0 saturated carbocycles. The lowest BCUT2D eigenvalue weighted by molar-refractivity contribution is 0.0766. The highest BCUT2D eigenvalue weighted by Gasteiger charge is 2.19. The summed E-state index contributed by atoms with van der Waals surface area (Å²) in [5.41, 5.74) is 0. The topological polar surface area (TPSA) is 35.8 Å². The van der Waals surface area contributed by atoms with Crippen molar-refractivity contribution < 1.29 is 5.11 Å². The van der Waals surface area contributed by atoms with E-state index in [1.54, 1.807) is 0 Å². The summed E-state index contributed by atoms with van der Waals surface area (Å²) < 4.78 is 0. The van der Waals surface area contributed by atoms with E-state index in [4.69, 9.17) is 0 Å². The van der Waals surface area contributed by atoms with Crippen LogP contribution in [0.15, 0.2) is 17.1 Å². The molecule has 0 radical (unpaired) electrons. The van der Waals surface area contributed by atoms with Crippen LogP contribution in [0, 0.1) is 0 Å². The molecule has 24 heavy (non-hydrogen) atoms. The van der Waals surface area contributed by atoms with Crippen LogP contribution in [0.1, 0.15) is 97.3 Å². The fourth-order valence-corrected chi connectivity index (χ4v) is 3.32. The van der Waals surface area contributed by atoms with E-state index in [0.29, 0.717) is 0 Å². The zero-order chi connectivity index (χ0) is 17.5. The van der Waals surface area contributed by atoms with Crippen LogP contribution in [0.4, 0.5) is 0 Å². The Hall–Kier alpha value is -0.830. The van der Waals surface area contributed by atoms with Crippen molar-refractivity contribution in [1.29, 1.82) is 0 Å². The van der Waals surface area contributed by atoms with Gasteiger partial charge in [-0.25, -0.2) is 0 Å². The molecular weight excluding hydrogens is 296 g/mol. The summed E-state index contributed by atoms with van der Waals surface area (Å²) >= 11 is 0. The molecule has 0 bridgehead atoms. The number of rotatable bonds is 15. The van der Waals surface area contributed by atoms with Gasteiger partial charge in [-0.3, -0.25) is 4.99 Å². The molecule has 0 saturated heterocycles. The lowest BCUT2D eigenvalue weighted by atomic mass is 10.1. The number of aliphatic imine (C=N–C) groups is 1. The zero-order valence-corrected chi connectivity index (χ0v) is 16.2. The van der Waals surface area contributed by atoms with Gasteiger partial charge < -0.3 is 10.0 Å². The molecule has 3 heteroatoms. The van der Waals surface area contributed by atoms with E-state index < -0.39 is 6.23 Å². The highest BCUT2D eigenvalue weighted by molar-refractivity contribution is 5.83. The third-order valence-electron chi connectivity index (χ3n) is 4.83. The van der Waals surface area contributed by atoms with Gasteiger partial charge in [-0.1, -0.05) is 70.4 Å². The van der Waals surface area contributed by atoms with E-state index in [-0.39, 0.29) is 0 Å². The smallest absolute Gasteiger partial charge is 0.125 e. The predicted molar refractivity (Wildman–Crippen MR) is 106 cm³/mol. The van der Waals surface area contributed by atoms with E-state index in [1.165, 1.54) is 64.2 Å². The minimum absolute atomic E-state index is 0.395. The van der Waals surface area contributed by atoms with E-state index >= 15 is 0 Å². The predicted octanol–water partition coefficient (Wildman–Crippen LogP) is 5.69. The van der Waals surface area contributed by atoms with Crippen molar-refractivity contribution in [2.24, 2.45) is 4.99 Å². The maximum Gasteiger partial charge on any atom is 0.125 e. The second kappa shape index (κ2) is 14.5. The second-order valence-electron chi connectivity index (χ2n) is 7.10. The summed E-state index contributed by atoms with van der Waals surface area (Å²) in [6.07, 6.45) is 21.4. The van der Waals surface area contributed by atoms with E-state index in [0.717, 1.165) is 38.2 Å². The number of aliphatic hydroxyl groups excluding tert-OH is 1. The summed E-state index contributed by atoms with van der Waals surface area (Å²) in [5, 5.41) is 9.67. The van der Waals surface area contributed by atoms with Gasteiger partial charge in [0.2, 0.25) is 0 Å². The molecule has 1 aliphatic rings. The summed E-state index contributed by atoms with van der Waals surface area (Å²) in [4.78, 5) is 6.52. The Morgan fingerprint density at radius 3 is 2.17 bits per heavy atom. The SMILES string of the molecule is CCCCCCCCCCC/C=C/CCCC1=NCCN1C(C)O. The molecule has 1 N–H and O–H groups in total. The summed E-state index contributed by atoms with van der Waals surface area (Å²) in [7, 11) is 0. The maximum atomic E-state index is 9.67. The maximum absolute atomic E-state index is 9.67. The molecule has 1 aliphatic heterocycles. The molecule has 1 heterocycles. The van der Waals surface area contributed by atoms with E-state index in [2.05, 4.69) is 24.1 Å². The molecule has 1 unspecified atom stereocenters. The largest absolute Gasteiger partial charge is 0.374 e. The zero-order valence-electron chi connectivity index (χ0n) is 16.2. The van der Waals surface area contributed by atoms with Crippen molar-refractivity contribution in [3.63, 3.8) is 0 Å². The van der Waals surface area contributed by atoms with Crippen LogP contribution in [0.3, 0.4) is 0 Å². The number of amidine groups is 1. The highest BCUT2D eigenvalue weighted by atomic mass is 16.3.